The number of hydrogen-bond acceptors (Lipinski definition) is 50. The molecule has 141 heavy (non-hydrogen) atoms. The number of benzene rings is 1. The van der Waals surface area contributed by atoms with Gasteiger partial charge >= 0.3 is 23.6 Å². The zero-order valence-electron chi connectivity index (χ0n) is 77.1. The van der Waals surface area contributed by atoms with Gasteiger partial charge in [-0.3, -0.25) is 33.8 Å². The smallest absolute Gasteiger partial charge is 0.364 e. The van der Waals surface area contributed by atoms with Crippen molar-refractivity contribution in [1.29, 1.82) is 0 Å². The van der Waals surface area contributed by atoms with Crippen molar-refractivity contribution in [3.05, 3.63) is 55.9 Å². The van der Waals surface area contributed by atoms with E-state index in [0.717, 1.165) is 32.4 Å². The maximum Gasteiger partial charge on any atom is 0.364 e. The van der Waals surface area contributed by atoms with Crippen molar-refractivity contribution in [1.82, 2.24) is 31.2 Å². The van der Waals surface area contributed by atoms with Gasteiger partial charge in [0.05, 0.1) is 109 Å². The van der Waals surface area contributed by atoms with Crippen LogP contribution in [0.1, 0.15) is 119 Å². The zero-order chi connectivity index (χ0) is 105. The first-order valence-corrected chi connectivity index (χ1v) is 45.0. The zero-order valence-corrected chi connectivity index (χ0v) is 77.1. The number of carbonyl (C=O) groups excluding carboxylic acids is 5. The summed E-state index contributed by atoms with van der Waals surface area (Å²) in [7, 11) is 2.47. The Morgan fingerprint density at radius 1 is 0.454 bits per heavy atom. The number of phenols is 1. The fourth-order valence-corrected chi connectivity index (χ4v) is 17.4. The summed E-state index contributed by atoms with van der Waals surface area (Å²) >= 11 is 0. The second-order valence-corrected chi connectivity index (χ2v) is 35.1. The fraction of sp³-hybridized carbons (Fsp3) is 0.795. The first-order chi connectivity index (χ1) is 66.6. The second kappa shape index (κ2) is 52.0. The molecule has 1 aromatic heterocycles. The molecule has 9 heterocycles. The van der Waals surface area contributed by atoms with Crippen molar-refractivity contribution in [3.8, 4) is 11.5 Å². The van der Waals surface area contributed by atoms with Gasteiger partial charge in [0.25, 0.3) is 28.9 Å². The third kappa shape index (κ3) is 27.8. The van der Waals surface area contributed by atoms with Crippen LogP contribution in [0.3, 0.4) is 0 Å². The third-order valence-corrected chi connectivity index (χ3v) is 25.1. The minimum Gasteiger partial charge on any atom is -0.504 e. The van der Waals surface area contributed by atoms with E-state index in [0.29, 0.717) is 38.2 Å². The summed E-state index contributed by atoms with van der Waals surface area (Å²) < 4.78 is 98.8. The number of amides is 4. The van der Waals surface area contributed by atoms with Crippen molar-refractivity contribution >= 4 is 41.5 Å². The number of unbranched alkanes of at least 4 members (excludes halogenated alkanes) is 5. The van der Waals surface area contributed by atoms with Gasteiger partial charge in [0.1, 0.15) is 170 Å². The Labute approximate surface area is 800 Å². The molecule has 2 aromatic rings. The van der Waals surface area contributed by atoms with Gasteiger partial charge in [-0.15, -0.1) is 0 Å². The Hall–Kier alpha value is -7.73. The highest BCUT2D eigenvalue weighted by atomic mass is 16.8. The van der Waals surface area contributed by atoms with Gasteiger partial charge in [0.15, 0.2) is 42.9 Å². The van der Waals surface area contributed by atoms with Crippen LogP contribution in [0.5, 0.6) is 11.5 Å². The van der Waals surface area contributed by atoms with Crippen LogP contribution >= 0.6 is 0 Å². The molecule has 0 radical (unpaired) electrons. The van der Waals surface area contributed by atoms with Gasteiger partial charge in [-0.05, 0) is 45.7 Å². The molecular formula is C83H130N6O52. The van der Waals surface area contributed by atoms with Crippen LogP contribution in [0.25, 0.3) is 0 Å². The normalized spacial score (nSPS) is 38.6. The predicted molar refractivity (Wildman–Crippen MR) is 453 cm³/mol. The van der Waals surface area contributed by atoms with E-state index in [9.17, 15) is 176 Å². The SMILES string of the molecule is COC(=O)CCCCCCCCO[C@@H]1OC(CO)[C@@H](O[C@@H]2O[C@@H](C)[C@@H](O)C(O)C2O)[C@H](O[C@@H]2OC(CO)[C@H](O)C(O[C@]3(C(=O)O)CC(O)[C@@H](NC(C)=O)C([C@H](O)[C@H](O)CO)O3)C2O)C1NC(=O)c1cc(=O)[nH]c(=O)[nH]1.COc1cc(C(=O)NC2[C@H](C)OC(CO)[C@@H](O[C@@H]3O[C@@H](C)[C@@H](O)C(O)C3O)[C@@H]2O[C@@H]2OC(CO)[C@H](O)C(O[C@]3(C(=O)O)CC(O)[C@@H](NC(C)=O)C([C@H](O)[C@H](O)CO)O3)C2O)cc(CO)c1O. The molecule has 32 N–H and O–H groups in total. The predicted octanol–water partition coefficient (Wildman–Crippen LogP) is -15.3. The molecule has 8 saturated heterocycles. The summed E-state index contributed by atoms with van der Waals surface area (Å²) in [6.07, 6.45) is -67.3. The molecule has 8 aliphatic heterocycles. The fourth-order valence-electron chi connectivity index (χ4n) is 17.4. The lowest BCUT2D eigenvalue weighted by atomic mass is 9.88. The summed E-state index contributed by atoms with van der Waals surface area (Å²) in [6.45, 7) is -1.09. The molecule has 1 aromatic carbocycles. The van der Waals surface area contributed by atoms with E-state index < -0.39 is 374 Å². The molecule has 0 spiro atoms. The van der Waals surface area contributed by atoms with Gasteiger partial charge in [-0.1, -0.05) is 25.7 Å². The maximum atomic E-state index is 14.0. The van der Waals surface area contributed by atoms with Gasteiger partial charge in [-0.25, -0.2) is 14.4 Å². The van der Waals surface area contributed by atoms with E-state index in [1.165, 1.54) is 35.0 Å². The second-order valence-electron chi connectivity index (χ2n) is 35.1. The van der Waals surface area contributed by atoms with E-state index >= 15 is 0 Å². The molecule has 58 heteroatoms. The van der Waals surface area contributed by atoms with E-state index in [4.69, 9.17) is 75.8 Å². The lowest BCUT2D eigenvalue weighted by Gasteiger charge is -2.51. The Bertz CT molecular complexity index is 4440. The van der Waals surface area contributed by atoms with Crippen LogP contribution in [-0.2, 0) is 106 Å². The van der Waals surface area contributed by atoms with Crippen molar-refractivity contribution in [3.63, 3.8) is 0 Å². The Balaban J connectivity index is 0.000000317. The minimum atomic E-state index is -3.21. The monoisotopic (exact) mass is 2040 g/mol. The Morgan fingerprint density at radius 2 is 0.872 bits per heavy atom. The highest BCUT2D eigenvalue weighted by Gasteiger charge is 2.65. The summed E-state index contributed by atoms with van der Waals surface area (Å²) in [5, 5.41) is 289. The molecule has 8 aliphatic rings. The number of hydrogen-bond donors (Lipinski definition) is 32. The van der Waals surface area contributed by atoms with Gasteiger partial charge < -0.3 is 240 Å². The number of aliphatic carboxylic acids is 2. The first-order valence-electron chi connectivity index (χ1n) is 45.0. The largest absolute Gasteiger partial charge is 0.504 e. The number of rotatable bonds is 42. The Kier molecular flexibility index (Phi) is 43.1. The van der Waals surface area contributed by atoms with E-state index in [1.54, 1.807) is 0 Å². The molecule has 0 aliphatic carbocycles. The molecule has 0 bridgehead atoms. The molecular weight excluding hydrogens is 1910 g/mol. The number of ether oxygens (including phenoxy) is 17. The average Bonchev–Trinajstić information content (AvgIpc) is 0.749. The number of carbonyl (C=O) groups is 7. The van der Waals surface area contributed by atoms with Gasteiger partial charge in [0, 0.05) is 56.9 Å². The molecule has 8 fully saturated rings. The first kappa shape index (κ1) is 117. The number of aromatic amines is 2. The van der Waals surface area contributed by atoms with E-state index in [-0.39, 0.29) is 35.9 Å². The van der Waals surface area contributed by atoms with Crippen LogP contribution < -0.4 is 37.3 Å². The summed E-state index contributed by atoms with van der Waals surface area (Å²) in [4.78, 5) is 119. The number of aliphatic hydroxyl groups excluding tert-OH is 23. The van der Waals surface area contributed by atoms with E-state index in [1.807, 2.05) is 4.98 Å². The van der Waals surface area contributed by atoms with Crippen molar-refractivity contribution in [2.75, 3.05) is 60.5 Å². The van der Waals surface area contributed by atoms with Gasteiger partial charge in [0.2, 0.25) is 11.8 Å². The summed E-state index contributed by atoms with van der Waals surface area (Å²) in [5.74, 6) is -15.3. The highest BCUT2D eigenvalue weighted by Crippen LogP contribution is 2.44. The van der Waals surface area contributed by atoms with Crippen LogP contribution in [-0.4, -0.2) is 501 Å². The van der Waals surface area contributed by atoms with Crippen LogP contribution in [0.2, 0.25) is 0 Å². The van der Waals surface area contributed by atoms with Crippen LogP contribution in [0, 0.1) is 0 Å². The molecule has 58 nitrogen and oxygen atoms in total. The number of methoxy groups -OCH3 is 2. The number of carboxylic acid groups (broad SMARTS) is 2. The number of H-pyrrole nitrogens is 2. The number of carboxylic acids is 2. The molecule has 42 atom stereocenters. The molecule has 18 unspecified atom stereocenters. The molecule has 0 saturated carbocycles. The maximum absolute atomic E-state index is 14.0. The number of nitrogens with one attached hydrogen (secondary N) is 6. The summed E-state index contributed by atoms with van der Waals surface area (Å²) in [6, 6.07) is -3.63. The standard InChI is InChI=1S/C44H70N4O27.C39H60N2O25/c1-17-28(57)31(60)32(61)40(69-17)72-34-23(16-51)71-39(68-11-9-7-5-4-6-8-10-25(56)67-3)27(48-38(63)19-12-24(55)47-43(66)46-19)36(34)73-41-33(62)37(30(59)22(15-50)70-41)75-44(42(64)65)13-20(53)26(45-18(2)52)35(74-44)29(58)21(54)14-49;1-12-22(41-35(56)15-5-16(8-42)25(50)19(6-15)59-4)33(31(21(11-45)60-12)63-36-29(54)28(53)24(49)13(2)61-36)64-37-30(55)34(27(52)20(10-44)62-37)66-39(38(57)58)7-17(47)23(40-14(3)46)32(65-39)26(51)18(48)9-43/h12,17,20-23,26-37,39-41,49-51,53-54,57-62H,4-11,13-16H2,1-3H3,(H,45,52)(H,48,63)(H,64,65)(H2,46,47,55,66);5-6,12-13,17-18,20-24,26-34,36-37,42-45,47-55H,7-11H2,1-4H3,(H,40,46)(H,41,56)(H,57,58)/t17-,20?,21+,22?,23?,26+,27?,28+,29+,30-,31?,32?,33?,34+,35?,36+,37?,39+,40-,41-,44-;12-,13-,17?,18+,20?,21?,22?,23+,24+,26+,27-,28?,29?,30?,31+,32?,33+,34?,36-,37-,39-/m00/s1. The average molecular weight is 2040 g/mol. The number of aliphatic hydroxyl groups is 23. The topological polar surface area (TPSA) is 916 Å². The van der Waals surface area contributed by atoms with Crippen molar-refractivity contribution in [2.45, 2.75) is 355 Å². The lowest BCUT2D eigenvalue weighted by molar-refractivity contribution is -0.390. The third-order valence-electron chi connectivity index (χ3n) is 25.1. The quantitative estimate of drug-likeness (QED) is 0.0217. The molecule has 4 amide bonds. The van der Waals surface area contributed by atoms with Gasteiger partial charge in [-0.2, -0.15) is 0 Å². The number of esters is 1. The molecule has 10 rings (SSSR count). The number of aromatic nitrogens is 2. The highest BCUT2D eigenvalue weighted by molar-refractivity contribution is 5.95. The lowest BCUT2D eigenvalue weighted by Crippen LogP contribution is -2.71. The molecule has 804 valence electrons. The van der Waals surface area contributed by atoms with Crippen molar-refractivity contribution < 1.29 is 247 Å². The number of aromatic hydroxyl groups is 1. The van der Waals surface area contributed by atoms with Crippen molar-refractivity contribution in [2.24, 2.45) is 0 Å². The minimum absolute atomic E-state index is 0.122. The Morgan fingerprint density at radius 3 is 1.29 bits per heavy atom. The van der Waals surface area contributed by atoms with E-state index in [2.05, 4.69) is 31.0 Å². The van der Waals surface area contributed by atoms with Crippen LogP contribution in [0.15, 0.2) is 27.8 Å². The summed E-state index contributed by atoms with van der Waals surface area (Å²) in [5.41, 5.74) is -3.09. The van der Waals surface area contributed by atoms with Crippen LogP contribution in [0.4, 0.5) is 0 Å².